The third kappa shape index (κ3) is 5.46. The van der Waals surface area contributed by atoms with Crippen LogP contribution in [0.4, 0.5) is 4.79 Å². The van der Waals surface area contributed by atoms with E-state index in [0.29, 0.717) is 13.0 Å². The topological polar surface area (TPSA) is 78.9 Å². The van der Waals surface area contributed by atoms with Crippen LogP contribution in [0.3, 0.4) is 0 Å². The van der Waals surface area contributed by atoms with E-state index >= 15 is 0 Å². The van der Waals surface area contributed by atoms with Gasteiger partial charge in [-0.3, -0.25) is 4.79 Å². The number of ether oxygens (including phenoxy) is 1. The van der Waals surface area contributed by atoms with Crippen molar-refractivity contribution < 1.29 is 19.4 Å². The third-order valence-electron chi connectivity index (χ3n) is 4.35. The molecular formula is C19H28N2O4. The van der Waals surface area contributed by atoms with Gasteiger partial charge in [-0.15, -0.1) is 0 Å². The number of nitrogens with one attached hydrogen (secondary N) is 1. The highest BCUT2D eigenvalue weighted by Gasteiger charge is 2.38. The van der Waals surface area contributed by atoms with Gasteiger partial charge >= 0.3 is 12.1 Å². The number of hydrogen-bond acceptors (Lipinski definition) is 4. The van der Waals surface area contributed by atoms with Crippen LogP contribution < -0.4 is 5.32 Å². The summed E-state index contributed by atoms with van der Waals surface area (Å²) >= 11 is 0. The summed E-state index contributed by atoms with van der Waals surface area (Å²) in [5.74, 6) is -1.56. The quantitative estimate of drug-likeness (QED) is 0.874. The van der Waals surface area contributed by atoms with E-state index in [1.807, 2.05) is 37.3 Å². The van der Waals surface area contributed by atoms with Gasteiger partial charge in [0.25, 0.3) is 0 Å². The van der Waals surface area contributed by atoms with Gasteiger partial charge in [0.05, 0.1) is 5.92 Å². The normalized spacial score (nSPS) is 22.3. The smallest absolute Gasteiger partial charge is 0.410 e. The average Bonchev–Trinajstić information content (AvgIpc) is 2.54. The molecule has 0 radical (unpaired) electrons. The van der Waals surface area contributed by atoms with Gasteiger partial charge < -0.3 is 20.1 Å². The van der Waals surface area contributed by atoms with Crippen LogP contribution in [-0.4, -0.2) is 46.8 Å². The maximum Gasteiger partial charge on any atom is 0.410 e. The fourth-order valence-electron chi connectivity index (χ4n) is 3.05. The highest BCUT2D eigenvalue weighted by atomic mass is 16.6. The Balaban J connectivity index is 2.02. The molecular weight excluding hydrogens is 320 g/mol. The molecule has 1 amide bonds. The van der Waals surface area contributed by atoms with E-state index < -0.39 is 23.6 Å². The predicted molar refractivity (Wildman–Crippen MR) is 95.3 cm³/mol. The Labute approximate surface area is 149 Å². The predicted octanol–water partition coefficient (Wildman–Crippen LogP) is 3.05. The molecule has 138 valence electrons. The summed E-state index contributed by atoms with van der Waals surface area (Å²) in [7, 11) is 0. The van der Waals surface area contributed by atoms with Crippen molar-refractivity contribution in [3.63, 3.8) is 0 Å². The number of carbonyl (C=O) groups excluding carboxylic acids is 1. The molecule has 2 rings (SSSR count). The standard InChI is InChI=1S/C19H28N2O4/c1-13(14-8-6-5-7-9-14)20-16-10-11-21(12-15(16)17(22)23)18(24)25-19(2,3)4/h5-9,13,15-16,20H,10-12H2,1-4H3,(H,22,23)/t13-,15?,16-/m0/s1. The van der Waals surface area contributed by atoms with Crippen LogP contribution in [0.25, 0.3) is 0 Å². The first-order chi connectivity index (χ1) is 11.7. The maximum atomic E-state index is 12.2. The zero-order chi connectivity index (χ0) is 18.6. The van der Waals surface area contributed by atoms with Gasteiger partial charge in [-0.25, -0.2) is 4.79 Å². The van der Waals surface area contributed by atoms with Crippen molar-refractivity contribution >= 4 is 12.1 Å². The molecule has 0 aliphatic carbocycles. The molecule has 0 spiro atoms. The lowest BCUT2D eigenvalue weighted by molar-refractivity contribution is -0.144. The van der Waals surface area contributed by atoms with Crippen LogP contribution in [0.1, 0.15) is 45.7 Å². The molecule has 0 bridgehead atoms. The van der Waals surface area contributed by atoms with Gasteiger partial charge in [-0.1, -0.05) is 30.3 Å². The zero-order valence-electron chi connectivity index (χ0n) is 15.4. The molecule has 6 nitrogen and oxygen atoms in total. The fraction of sp³-hybridized carbons (Fsp3) is 0.579. The van der Waals surface area contributed by atoms with E-state index in [4.69, 9.17) is 4.74 Å². The van der Waals surface area contributed by atoms with Crippen molar-refractivity contribution in [1.29, 1.82) is 0 Å². The van der Waals surface area contributed by atoms with Crippen LogP contribution in [0.2, 0.25) is 0 Å². The Bertz CT molecular complexity index is 597. The van der Waals surface area contributed by atoms with Gasteiger partial charge in [0.1, 0.15) is 5.60 Å². The summed E-state index contributed by atoms with van der Waals surface area (Å²) in [6.45, 7) is 8.07. The second kappa shape index (κ2) is 7.87. The molecule has 2 N–H and O–H groups in total. The lowest BCUT2D eigenvalue weighted by atomic mass is 9.91. The highest BCUT2D eigenvalue weighted by molar-refractivity contribution is 5.74. The van der Waals surface area contributed by atoms with Crippen LogP contribution in [0, 0.1) is 5.92 Å². The number of amides is 1. The molecule has 1 saturated heterocycles. The summed E-state index contributed by atoms with van der Waals surface area (Å²) in [5, 5.41) is 13.0. The molecule has 1 unspecified atom stereocenters. The molecule has 1 aliphatic rings. The lowest BCUT2D eigenvalue weighted by Crippen LogP contribution is -2.54. The molecule has 1 aliphatic heterocycles. The first-order valence-corrected chi connectivity index (χ1v) is 8.69. The Morgan fingerprint density at radius 2 is 1.92 bits per heavy atom. The van der Waals surface area contributed by atoms with Gasteiger partial charge in [-0.05, 0) is 39.7 Å². The second-order valence-electron chi connectivity index (χ2n) is 7.57. The average molecular weight is 348 g/mol. The molecule has 1 fully saturated rings. The number of aliphatic carboxylic acids is 1. The van der Waals surface area contributed by atoms with E-state index in [1.165, 1.54) is 4.90 Å². The van der Waals surface area contributed by atoms with Crippen molar-refractivity contribution in [2.75, 3.05) is 13.1 Å². The molecule has 1 heterocycles. The number of carbonyl (C=O) groups is 2. The summed E-state index contributed by atoms with van der Waals surface area (Å²) in [6, 6.07) is 9.77. The summed E-state index contributed by atoms with van der Waals surface area (Å²) in [4.78, 5) is 25.4. The number of carboxylic acid groups (broad SMARTS) is 1. The summed E-state index contributed by atoms with van der Waals surface area (Å²) in [6.07, 6.45) is 0.126. The van der Waals surface area contributed by atoms with E-state index in [-0.39, 0.29) is 18.6 Å². The number of rotatable bonds is 4. The Kier molecular flexibility index (Phi) is 6.06. The van der Waals surface area contributed by atoms with Crippen molar-refractivity contribution in [2.45, 2.75) is 51.8 Å². The van der Waals surface area contributed by atoms with Gasteiger partial charge in [0.15, 0.2) is 0 Å². The SMILES string of the molecule is C[C@H](N[C@H]1CCN(C(=O)OC(C)(C)C)CC1C(=O)O)c1ccccc1. The first kappa shape index (κ1) is 19.2. The van der Waals surface area contributed by atoms with Gasteiger partial charge in [0, 0.05) is 25.2 Å². The zero-order valence-corrected chi connectivity index (χ0v) is 15.4. The van der Waals surface area contributed by atoms with Crippen LogP contribution >= 0.6 is 0 Å². The second-order valence-corrected chi connectivity index (χ2v) is 7.57. The summed E-state index contributed by atoms with van der Waals surface area (Å²) in [5.41, 5.74) is 0.522. The van der Waals surface area contributed by atoms with Crippen molar-refractivity contribution in [3.8, 4) is 0 Å². The van der Waals surface area contributed by atoms with Crippen LogP contribution in [0.5, 0.6) is 0 Å². The summed E-state index contributed by atoms with van der Waals surface area (Å²) < 4.78 is 5.36. The van der Waals surface area contributed by atoms with E-state index in [0.717, 1.165) is 5.56 Å². The Hall–Kier alpha value is -2.08. The van der Waals surface area contributed by atoms with Crippen LogP contribution in [0.15, 0.2) is 30.3 Å². The minimum Gasteiger partial charge on any atom is -0.481 e. The first-order valence-electron chi connectivity index (χ1n) is 8.69. The lowest BCUT2D eigenvalue weighted by Gasteiger charge is -2.38. The monoisotopic (exact) mass is 348 g/mol. The molecule has 25 heavy (non-hydrogen) atoms. The number of likely N-dealkylation sites (tertiary alicyclic amines) is 1. The van der Waals surface area contributed by atoms with Crippen LogP contribution in [-0.2, 0) is 9.53 Å². The minimum atomic E-state index is -0.897. The molecule has 0 saturated carbocycles. The van der Waals surface area contributed by atoms with Gasteiger partial charge in [0.2, 0.25) is 0 Å². The minimum absolute atomic E-state index is 0.0427. The van der Waals surface area contributed by atoms with Crippen molar-refractivity contribution in [2.24, 2.45) is 5.92 Å². The number of hydrogen-bond donors (Lipinski definition) is 2. The van der Waals surface area contributed by atoms with Gasteiger partial charge in [-0.2, -0.15) is 0 Å². The number of carboxylic acids is 1. The van der Waals surface area contributed by atoms with Crippen molar-refractivity contribution in [3.05, 3.63) is 35.9 Å². The molecule has 1 aromatic rings. The van der Waals surface area contributed by atoms with E-state index in [1.54, 1.807) is 20.8 Å². The molecule has 1 aromatic carbocycles. The highest BCUT2D eigenvalue weighted by Crippen LogP contribution is 2.23. The van der Waals surface area contributed by atoms with Crippen molar-refractivity contribution in [1.82, 2.24) is 10.2 Å². The maximum absolute atomic E-state index is 12.2. The number of piperidine rings is 1. The Morgan fingerprint density at radius 3 is 2.48 bits per heavy atom. The van der Waals surface area contributed by atoms with E-state index in [2.05, 4.69) is 5.32 Å². The Morgan fingerprint density at radius 1 is 1.28 bits per heavy atom. The molecule has 0 aromatic heterocycles. The molecule has 3 atom stereocenters. The molecule has 6 heteroatoms. The number of nitrogens with zero attached hydrogens (tertiary/aromatic N) is 1. The third-order valence-corrected chi connectivity index (χ3v) is 4.35. The van der Waals surface area contributed by atoms with E-state index in [9.17, 15) is 14.7 Å². The number of benzene rings is 1. The largest absolute Gasteiger partial charge is 0.481 e. The fourth-order valence-corrected chi connectivity index (χ4v) is 3.05.